The molecule has 0 saturated heterocycles. The quantitative estimate of drug-likeness (QED) is 0.652. The van der Waals surface area contributed by atoms with E-state index in [0.717, 1.165) is 18.3 Å². The fourth-order valence-electron chi connectivity index (χ4n) is 1.53. The molecule has 0 aliphatic rings. The van der Waals surface area contributed by atoms with Gasteiger partial charge >= 0.3 is 0 Å². The van der Waals surface area contributed by atoms with Crippen molar-refractivity contribution >= 4 is 0 Å². The molecule has 0 amide bonds. The number of rotatable bonds is 6. The number of aliphatic hydroxyl groups is 1. The van der Waals surface area contributed by atoms with E-state index in [1.54, 1.807) is 0 Å². The third kappa shape index (κ3) is 5.59. The van der Waals surface area contributed by atoms with Gasteiger partial charge in [0.15, 0.2) is 0 Å². The molecule has 3 unspecified atom stereocenters. The molecule has 1 N–H and O–H groups in total. The molecular formula is C11H24O. The maximum atomic E-state index is 9.11. The summed E-state index contributed by atoms with van der Waals surface area (Å²) in [5.74, 6) is 1.58. The Balaban J connectivity index is 3.49. The Morgan fingerprint density at radius 1 is 0.917 bits per heavy atom. The zero-order chi connectivity index (χ0) is 9.56. The van der Waals surface area contributed by atoms with Crippen LogP contribution in [0.4, 0.5) is 0 Å². The van der Waals surface area contributed by atoms with E-state index in [9.17, 15) is 0 Å². The number of hydrogen-bond acceptors (Lipinski definition) is 1. The molecule has 0 aliphatic carbocycles. The second-order valence-corrected chi connectivity index (χ2v) is 4.17. The van der Waals surface area contributed by atoms with E-state index in [0.29, 0.717) is 0 Å². The van der Waals surface area contributed by atoms with E-state index in [-0.39, 0.29) is 6.10 Å². The first-order valence-electron chi connectivity index (χ1n) is 5.26. The van der Waals surface area contributed by atoms with Gasteiger partial charge in [0.05, 0.1) is 6.10 Å². The summed E-state index contributed by atoms with van der Waals surface area (Å²) < 4.78 is 0. The molecule has 1 nitrogen and oxygen atoms in total. The fourth-order valence-corrected chi connectivity index (χ4v) is 1.53. The van der Waals surface area contributed by atoms with Crippen LogP contribution >= 0.6 is 0 Å². The van der Waals surface area contributed by atoms with Crippen molar-refractivity contribution in [2.24, 2.45) is 11.8 Å². The number of hydrogen-bond donors (Lipinski definition) is 1. The van der Waals surface area contributed by atoms with Gasteiger partial charge in [0.1, 0.15) is 0 Å². The second-order valence-electron chi connectivity index (χ2n) is 4.17. The predicted octanol–water partition coefficient (Wildman–Crippen LogP) is 3.22. The van der Waals surface area contributed by atoms with E-state index in [1.807, 2.05) is 6.92 Å². The average Bonchev–Trinajstić information content (AvgIpc) is 2.00. The zero-order valence-electron chi connectivity index (χ0n) is 9.01. The third-order valence-corrected chi connectivity index (χ3v) is 2.76. The van der Waals surface area contributed by atoms with Crippen molar-refractivity contribution in [3.05, 3.63) is 0 Å². The van der Waals surface area contributed by atoms with Crippen molar-refractivity contribution in [1.82, 2.24) is 0 Å². The van der Waals surface area contributed by atoms with Gasteiger partial charge in [0, 0.05) is 0 Å². The standard InChI is InChI=1S/C11H24O/c1-5-6-9(2)10(3)7-8-11(4)12/h9-12H,5-8H2,1-4H3. The van der Waals surface area contributed by atoms with Crippen molar-refractivity contribution in [2.45, 2.75) is 59.5 Å². The van der Waals surface area contributed by atoms with Crippen LogP contribution in [0.25, 0.3) is 0 Å². The molecule has 3 atom stereocenters. The largest absolute Gasteiger partial charge is 0.393 e. The first-order chi connectivity index (χ1) is 5.57. The summed E-state index contributed by atoms with van der Waals surface area (Å²) in [6.45, 7) is 8.72. The molecule has 0 fully saturated rings. The van der Waals surface area contributed by atoms with Crippen molar-refractivity contribution in [2.75, 3.05) is 0 Å². The Morgan fingerprint density at radius 2 is 1.42 bits per heavy atom. The molecule has 12 heavy (non-hydrogen) atoms. The topological polar surface area (TPSA) is 20.2 Å². The summed E-state index contributed by atoms with van der Waals surface area (Å²) in [7, 11) is 0. The van der Waals surface area contributed by atoms with Crippen LogP contribution in [0.1, 0.15) is 53.4 Å². The fraction of sp³-hybridized carbons (Fsp3) is 1.00. The Morgan fingerprint density at radius 3 is 1.83 bits per heavy atom. The third-order valence-electron chi connectivity index (χ3n) is 2.76. The summed E-state index contributed by atoms with van der Waals surface area (Å²) in [5, 5.41) is 9.11. The highest BCUT2D eigenvalue weighted by atomic mass is 16.3. The molecule has 0 radical (unpaired) electrons. The van der Waals surface area contributed by atoms with Gasteiger partial charge in [-0.05, 0) is 31.6 Å². The van der Waals surface area contributed by atoms with E-state index in [2.05, 4.69) is 20.8 Å². The van der Waals surface area contributed by atoms with Gasteiger partial charge in [-0.3, -0.25) is 0 Å². The summed E-state index contributed by atoms with van der Waals surface area (Å²) in [6, 6.07) is 0. The van der Waals surface area contributed by atoms with Crippen LogP contribution in [0.3, 0.4) is 0 Å². The maximum absolute atomic E-state index is 9.11. The molecule has 0 saturated carbocycles. The van der Waals surface area contributed by atoms with Gasteiger partial charge in [0.25, 0.3) is 0 Å². The van der Waals surface area contributed by atoms with E-state index >= 15 is 0 Å². The minimum Gasteiger partial charge on any atom is -0.393 e. The first-order valence-corrected chi connectivity index (χ1v) is 5.26. The van der Waals surface area contributed by atoms with Crippen LogP contribution in [0.5, 0.6) is 0 Å². The summed E-state index contributed by atoms with van der Waals surface area (Å²) in [5.41, 5.74) is 0. The highest BCUT2D eigenvalue weighted by Gasteiger charge is 2.11. The predicted molar refractivity (Wildman–Crippen MR) is 54.2 cm³/mol. The minimum atomic E-state index is -0.124. The zero-order valence-corrected chi connectivity index (χ0v) is 9.01. The van der Waals surface area contributed by atoms with Crippen LogP contribution in [-0.4, -0.2) is 11.2 Å². The van der Waals surface area contributed by atoms with E-state index in [4.69, 9.17) is 5.11 Å². The van der Waals surface area contributed by atoms with Crippen LogP contribution in [0.2, 0.25) is 0 Å². The number of aliphatic hydroxyl groups excluding tert-OH is 1. The lowest BCUT2D eigenvalue weighted by atomic mass is 9.88. The molecule has 0 aliphatic heterocycles. The monoisotopic (exact) mass is 172 g/mol. The molecule has 0 aromatic heterocycles. The Bertz CT molecular complexity index is 99.2. The van der Waals surface area contributed by atoms with Crippen molar-refractivity contribution in [3.8, 4) is 0 Å². The average molecular weight is 172 g/mol. The molecule has 1 heteroatoms. The summed E-state index contributed by atoms with van der Waals surface area (Å²) >= 11 is 0. The summed E-state index contributed by atoms with van der Waals surface area (Å²) in [6.07, 6.45) is 4.59. The van der Waals surface area contributed by atoms with Crippen molar-refractivity contribution in [3.63, 3.8) is 0 Å². The molecule has 74 valence electrons. The van der Waals surface area contributed by atoms with Gasteiger partial charge < -0.3 is 5.11 Å². The Labute approximate surface area is 77.2 Å². The molecule has 0 aromatic carbocycles. The molecule has 0 rings (SSSR count). The van der Waals surface area contributed by atoms with E-state index in [1.165, 1.54) is 19.3 Å². The van der Waals surface area contributed by atoms with Crippen LogP contribution in [0.15, 0.2) is 0 Å². The lowest BCUT2D eigenvalue weighted by Gasteiger charge is -2.19. The van der Waals surface area contributed by atoms with Crippen LogP contribution in [0, 0.1) is 11.8 Å². The SMILES string of the molecule is CCCC(C)C(C)CCC(C)O. The smallest absolute Gasteiger partial charge is 0.0512 e. The molecule has 0 spiro atoms. The molecular weight excluding hydrogens is 148 g/mol. The molecule has 0 bridgehead atoms. The normalized spacial score (nSPS) is 18.8. The lowest BCUT2D eigenvalue weighted by Crippen LogP contribution is -2.10. The highest BCUT2D eigenvalue weighted by molar-refractivity contribution is 4.63. The van der Waals surface area contributed by atoms with E-state index < -0.39 is 0 Å². The van der Waals surface area contributed by atoms with Gasteiger partial charge in [-0.2, -0.15) is 0 Å². The van der Waals surface area contributed by atoms with Crippen molar-refractivity contribution in [1.29, 1.82) is 0 Å². The second kappa shape index (κ2) is 6.47. The Hall–Kier alpha value is -0.0400. The lowest BCUT2D eigenvalue weighted by molar-refractivity contribution is 0.167. The molecule has 0 aromatic rings. The molecule has 0 heterocycles. The Kier molecular flexibility index (Phi) is 6.45. The van der Waals surface area contributed by atoms with Crippen molar-refractivity contribution < 1.29 is 5.11 Å². The van der Waals surface area contributed by atoms with Crippen LogP contribution in [-0.2, 0) is 0 Å². The highest BCUT2D eigenvalue weighted by Crippen LogP contribution is 2.21. The van der Waals surface area contributed by atoms with Gasteiger partial charge in [-0.1, -0.05) is 33.6 Å². The van der Waals surface area contributed by atoms with Gasteiger partial charge in [-0.15, -0.1) is 0 Å². The summed E-state index contributed by atoms with van der Waals surface area (Å²) in [4.78, 5) is 0. The van der Waals surface area contributed by atoms with Crippen LogP contribution < -0.4 is 0 Å². The minimum absolute atomic E-state index is 0.124. The maximum Gasteiger partial charge on any atom is 0.0512 e. The van der Waals surface area contributed by atoms with Gasteiger partial charge in [-0.25, -0.2) is 0 Å². The van der Waals surface area contributed by atoms with Gasteiger partial charge in [0.2, 0.25) is 0 Å². The first kappa shape index (κ1) is 12.0.